The van der Waals surface area contributed by atoms with Gasteiger partial charge in [0.05, 0.1) is 10.9 Å². The molecule has 0 unspecified atom stereocenters. The minimum atomic E-state index is -1.40. The highest BCUT2D eigenvalue weighted by molar-refractivity contribution is 5.94. The Labute approximate surface area is 160 Å². The maximum atomic E-state index is 15.5. The number of carbonyl (C=O) groups is 1. The van der Waals surface area contributed by atoms with Gasteiger partial charge in [-0.25, -0.2) is 13.6 Å². The number of benzene rings is 1. The second kappa shape index (κ2) is 6.84. The molecule has 150 valence electrons. The summed E-state index contributed by atoms with van der Waals surface area (Å²) < 4.78 is 31.9. The molecule has 1 aromatic carbocycles. The van der Waals surface area contributed by atoms with Crippen LogP contribution in [-0.4, -0.2) is 34.8 Å². The predicted molar refractivity (Wildman–Crippen MR) is 102 cm³/mol. The summed E-state index contributed by atoms with van der Waals surface area (Å²) in [5.41, 5.74) is 4.60. The first-order valence-corrected chi connectivity index (χ1v) is 9.64. The molecule has 0 bridgehead atoms. The Kier molecular flexibility index (Phi) is 4.61. The molecule has 0 amide bonds. The van der Waals surface area contributed by atoms with Gasteiger partial charge in [0.2, 0.25) is 5.43 Å². The third-order valence-corrected chi connectivity index (χ3v) is 5.97. The molecular weight excluding hydrogens is 368 g/mol. The number of fused-ring (bicyclic) bond motifs is 1. The Morgan fingerprint density at radius 1 is 1.36 bits per heavy atom. The van der Waals surface area contributed by atoms with E-state index in [1.807, 2.05) is 6.92 Å². The average molecular weight is 391 g/mol. The standard InChI is InChI=1S/C20H23F2N3O3/c1-2-15(23)10-5-6-24(8-10)18-14(21)7-12-17(16(18)22)25(11-3-4-11)9-13(19(12)26)20(27)28/h7,9-11,15H,2-6,8,23H2,1H3,(H,27,28)/t10-,15+/m0/s1. The summed E-state index contributed by atoms with van der Waals surface area (Å²) >= 11 is 0. The molecule has 0 spiro atoms. The van der Waals surface area contributed by atoms with Crippen LogP contribution in [0.15, 0.2) is 17.1 Å². The fraction of sp³-hybridized carbons (Fsp3) is 0.500. The van der Waals surface area contributed by atoms with Crippen LogP contribution in [-0.2, 0) is 0 Å². The van der Waals surface area contributed by atoms with Crippen molar-refractivity contribution in [3.63, 3.8) is 0 Å². The van der Waals surface area contributed by atoms with Crippen LogP contribution < -0.4 is 16.1 Å². The van der Waals surface area contributed by atoms with Gasteiger partial charge in [0.25, 0.3) is 0 Å². The van der Waals surface area contributed by atoms with E-state index in [2.05, 4.69) is 0 Å². The summed E-state index contributed by atoms with van der Waals surface area (Å²) in [6.45, 7) is 2.92. The fourth-order valence-electron chi connectivity index (χ4n) is 4.19. The van der Waals surface area contributed by atoms with Crippen molar-refractivity contribution in [3.8, 4) is 0 Å². The zero-order valence-electron chi connectivity index (χ0n) is 15.6. The third kappa shape index (κ3) is 2.96. The van der Waals surface area contributed by atoms with Crippen molar-refractivity contribution in [2.24, 2.45) is 11.7 Å². The molecule has 8 heteroatoms. The lowest BCUT2D eigenvalue weighted by atomic mass is 9.98. The minimum Gasteiger partial charge on any atom is -0.477 e. The number of pyridine rings is 1. The van der Waals surface area contributed by atoms with Crippen molar-refractivity contribution < 1.29 is 18.7 Å². The number of halogens is 2. The number of carboxylic acid groups (broad SMARTS) is 1. The number of hydrogen-bond donors (Lipinski definition) is 2. The molecule has 28 heavy (non-hydrogen) atoms. The van der Waals surface area contributed by atoms with Crippen molar-refractivity contribution >= 4 is 22.6 Å². The Hall–Kier alpha value is -2.48. The second-order valence-corrected chi connectivity index (χ2v) is 7.80. The number of nitrogens with two attached hydrogens (primary N) is 1. The number of rotatable bonds is 5. The molecule has 6 nitrogen and oxygen atoms in total. The Bertz CT molecular complexity index is 1020. The monoisotopic (exact) mass is 391 g/mol. The van der Waals surface area contributed by atoms with Gasteiger partial charge >= 0.3 is 5.97 Å². The summed E-state index contributed by atoms with van der Waals surface area (Å²) in [4.78, 5) is 25.6. The summed E-state index contributed by atoms with van der Waals surface area (Å²) in [6, 6.07) is 0.877. The lowest BCUT2D eigenvalue weighted by Gasteiger charge is -2.23. The summed E-state index contributed by atoms with van der Waals surface area (Å²) in [7, 11) is 0. The molecule has 2 aliphatic rings. The molecule has 2 aromatic rings. The quantitative estimate of drug-likeness (QED) is 0.818. The lowest BCUT2D eigenvalue weighted by molar-refractivity contribution is 0.0695. The summed E-state index contributed by atoms with van der Waals surface area (Å²) in [5.74, 6) is -2.90. The van der Waals surface area contributed by atoms with Crippen molar-refractivity contribution in [1.29, 1.82) is 0 Å². The number of nitrogens with zero attached hydrogens (tertiary/aromatic N) is 2. The van der Waals surface area contributed by atoms with Crippen molar-refractivity contribution in [2.45, 2.75) is 44.7 Å². The lowest BCUT2D eigenvalue weighted by Crippen LogP contribution is -2.32. The van der Waals surface area contributed by atoms with Gasteiger partial charge in [-0.3, -0.25) is 4.79 Å². The molecule has 2 fully saturated rings. The van der Waals surface area contributed by atoms with E-state index >= 15 is 4.39 Å². The first-order valence-electron chi connectivity index (χ1n) is 9.64. The smallest absolute Gasteiger partial charge is 0.341 e. The van der Waals surface area contributed by atoms with Gasteiger partial charge in [-0.1, -0.05) is 6.92 Å². The molecule has 1 aliphatic heterocycles. The molecule has 1 saturated carbocycles. The van der Waals surface area contributed by atoms with Crippen LogP contribution in [0.2, 0.25) is 0 Å². The topological polar surface area (TPSA) is 88.6 Å². The maximum absolute atomic E-state index is 15.5. The molecule has 3 N–H and O–H groups in total. The van der Waals surface area contributed by atoms with Gasteiger partial charge in [0.1, 0.15) is 17.1 Å². The largest absolute Gasteiger partial charge is 0.477 e. The zero-order valence-corrected chi connectivity index (χ0v) is 15.6. The van der Waals surface area contributed by atoms with E-state index < -0.39 is 28.6 Å². The van der Waals surface area contributed by atoms with Gasteiger partial charge in [-0.2, -0.15) is 0 Å². The van der Waals surface area contributed by atoms with Gasteiger partial charge < -0.3 is 20.3 Å². The van der Waals surface area contributed by atoms with Crippen LogP contribution in [0.3, 0.4) is 0 Å². The molecule has 1 saturated heterocycles. The Balaban J connectivity index is 1.89. The number of carboxylic acids is 1. The fourth-order valence-corrected chi connectivity index (χ4v) is 4.19. The highest BCUT2D eigenvalue weighted by Gasteiger charge is 2.34. The second-order valence-electron chi connectivity index (χ2n) is 7.80. The van der Waals surface area contributed by atoms with E-state index in [1.165, 1.54) is 10.8 Å². The Morgan fingerprint density at radius 3 is 2.68 bits per heavy atom. The number of hydrogen-bond acceptors (Lipinski definition) is 4. The number of aromatic nitrogens is 1. The van der Waals surface area contributed by atoms with Crippen LogP contribution in [0.1, 0.15) is 49.0 Å². The average Bonchev–Trinajstić information content (AvgIpc) is 3.39. The van der Waals surface area contributed by atoms with Crippen LogP contribution >= 0.6 is 0 Å². The van der Waals surface area contributed by atoms with Crippen molar-refractivity contribution in [1.82, 2.24) is 4.57 Å². The molecule has 1 aromatic heterocycles. The number of anilines is 1. The summed E-state index contributed by atoms with van der Waals surface area (Å²) in [5, 5.41) is 9.07. The molecule has 2 atom stereocenters. The molecule has 0 radical (unpaired) electrons. The Morgan fingerprint density at radius 2 is 2.07 bits per heavy atom. The normalized spacial score (nSPS) is 20.7. The van der Waals surface area contributed by atoms with Gasteiger partial charge in [-0.05, 0) is 37.7 Å². The third-order valence-electron chi connectivity index (χ3n) is 5.97. The van der Waals surface area contributed by atoms with E-state index in [9.17, 15) is 19.1 Å². The van der Waals surface area contributed by atoms with Gasteiger partial charge in [0, 0.05) is 31.4 Å². The first-order chi connectivity index (χ1) is 13.3. The van der Waals surface area contributed by atoms with Crippen LogP contribution in [0.5, 0.6) is 0 Å². The highest BCUT2D eigenvalue weighted by atomic mass is 19.1. The van der Waals surface area contributed by atoms with E-state index in [0.717, 1.165) is 31.7 Å². The van der Waals surface area contributed by atoms with E-state index in [-0.39, 0.29) is 34.6 Å². The van der Waals surface area contributed by atoms with Crippen molar-refractivity contribution in [3.05, 3.63) is 39.7 Å². The van der Waals surface area contributed by atoms with Crippen LogP contribution in [0.25, 0.3) is 10.9 Å². The van der Waals surface area contributed by atoms with Gasteiger partial charge in [0.15, 0.2) is 5.82 Å². The van der Waals surface area contributed by atoms with Crippen LogP contribution in [0, 0.1) is 17.6 Å². The maximum Gasteiger partial charge on any atom is 0.341 e. The van der Waals surface area contributed by atoms with E-state index in [0.29, 0.717) is 13.1 Å². The highest BCUT2D eigenvalue weighted by Crippen LogP contribution is 2.40. The molecule has 1 aliphatic carbocycles. The molecule has 4 rings (SSSR count). The minimum absolute atomic E-state index is 0.0165. The summed E-state index contributed by atoms with van der Waals surface area (Å²) in [6.07, 6.45) is 4.26. The van der Waals surface area contributed by atoms with Gasteiger partial charge in [-0.15, -0.1) is 0 Å². The van der Waals surface area contributed by atoms with E-state index in [4.69, 9.17) is 5.73 Å². The molecular formula is C20H23F2N3O3. The van der Waals surface area contributed by atoms with Crippen LogP contribution in [0.4, 0.5) is 14.5 Å². The predicted octanol–water partition coefficient (Wildman–Crippen LogP) is 2.88. The SMILES string of the molecule is CC[C@@H](N)[C@H]1CCN(c2c(F)cc3c(=O)c(C(=O)O)cn(C4CC4)c3c2F)C1. The van der Waals surface area contributed by atoms with E-state index in [1.54, 1.807) is 4.90 Å². The first kappa shape index (κ1) is 18.9. The van der Waals surface area contributed by atoms with Crippen molar-refractivity contribution in [2.75, 3.05) is 18.0 Å². The molecule has 2 heterocycles. The number of aromatic carboxylic acids is 1. The zero-order chi connectivity index (χ0) is 20.2.